The fraction of sp³-hybridized carbons (Fsp3) is 0.500. The number of hydrogen-bond donors (Lipinski definition) is 1. The minimum atomic E-state index is -0.247. The minimum Gasteiger partial charge on any atom is -0.493 e. The van der Waals surface area contributed by atoms with Crippen LogP contribution < -0.4 is 15.2 Å². The number of carbonyl (C=O) groups is 1. The molecule has 6 heteroatoms. The average Bonchev–Trinajstić information content (AvgIpc) is 2.44. The number of benzene rings is 1. The van der Waals surface area contributed by atoms with Crippen LogP contribution in [0.25, 0.3) is 0 Å². The number of likely N-dealkylation sites (N-methyl/N-ethyl adjacent to an activating group) is 1. The molecule has 1 aliphatic rings. The van der Waals surface area contributed by atoms with E-state index >= 15 is 0 Å². The van der Waals surface area contributed by atoms with Crippen molar-refractivity contribution < 1.29 is 14.3 Å². The molecule has 0 spiro atoms. The van der Waals surface area contributed by atoms with Crippen LogP contribution in [0.2, 0.25) is 5.02 Å². The highest BCUT2D eigenvalue weighted by Crippen LogP contribution is 2.42. The SMILES string of the molecule is COc1ccc(C2C(N)CCC(=O)N2C)c(Cl)c1OC. The second-order valence-corrected chi connectivity index (χ2v) is 5.23. The molecule has 2 rings (SSSR count). The van der Waals surface area contributed by atoms with E-state index in [2.05, 4.69) is 0 Å². The molecule has 110 valence electrons. The first kappa shape index (κ1) is 14.9. The second kappa shape index (κ2) is 5.89. The van der Waals surface area contributed by atoms with Gasteiger partial charge in [-0.1, -0.05) is 17.7 Å². The highest BCUT2D eigenvalue weighted by molar-refractivity contribution is 6.33. The van der Waals surface area contributed by atoms with E-state index in [0.717, 1.165) is 5.56 Å². The standard InChI is InChI=1S/C14H19ClN2O3/c1-17-11(18)7-5-9(16)13(17)8-4-6-10(19-2)14(20-3)12(8)15/h4,6,9,13H,5,7,16H2,1-3H3. The Morgan fingerprint density at radius 3 is 2.65 bits per heavy atom. The maximum Gasteiger partial charge on any atom is 0.222 e. The van der Waals surface area contributed by atoms with E-state index in [0.29, 0.717) is 29.4 Å². The summed E-state index contributed by atoms with van der Waals surface area (Å²) in [5.41, 5.74) is 6.95. The third kappa shape index (κ3) is 2.43. The molecular formula is C14H19ClN2O3. The summed E-state index contributed by atoms with van der Waals surface area (Å²) < 4.78 is 10.5. The predicted octanol–water partition coefficient (Wildman–Crippen LogP) is 1.98. The monoisotopic (exact) mass is 298 g/mol. The highest BCUT2D eigenvalue weighted by atomic mass is 35.5. The third-order valence-corrected chi connectivity index (χ3v) is 4.13. The number of piperidine rings is 1. The van der Waals surface area contributed by atoms with Crippen molar-refractivity contribution in [3.8, 4) is 11.5 Å². The first-order chi connectivity index (χ1) is 9.51. The van der Waals surface area contributed by atoms with Gasteiger partial charge in [0.15, 0.2) is 11.5 Å². The number of likely N-dealkylation sites (tertiary alicyclic amines) is 1. The molecule has 2 unspecified atom stereocenters. The number of methoxy groups -OCH3 is 2. The normalized spacial score (nSPS) is 22.9. The number of carbonyl (C=O) groups excluding carboxylic acids is 1. The molecule has 5 nitrogen and oxygen atoms in total. The van der Waals surface area contributed by atoms with Gasteiger partial charge in [0.2, 0.25) is 5.91 Å². The fourth-order valence-electron chi connectivity index (χ4n) is 2.64. The van der Waals surface area contributed by atoms with Gasteiger partial charge in [-0.25, -0.2) is 0 Å². The first-order valence-electron chi connectivity index (χ1n) is 6.42. The summed E-state index contributed by atoms with van der Waals surface area (Å²) in [5, 5.41) is 0.439. The van der Waals surface area contributed by atoms with Crippen molar-refractivity contribution in [3.63, 3.8) is 0 Å². The Morgan fingerprint density at radius 2 is 2.05 bits per heavy atom. The number of nitrogens with zero attached hydrogens (tertiary/aromatic N) is 1. The predicted molar refractivity (Wildman–Crippen MR) is 77.3 cm³/mol. The summed E-state index contributed by atoms with van der Waals surface area (Å²) in [6.45, 7) is 0. The lowest BCUT2D eigenvalue weighted by molar-refractivity contribution is -0.135. The van der Waals surface area contributed by atoms with Gasteiger partial charge in [-0.2, -0.15) is 0 Å². The summed E-state index contributed by atoms with van der Waals surface area (Å²) in [4.78, 5) is 13.5. The number of hydrogen-bond acceptors (Lipinski definition) is 4. The topological polar surface area (TPSA) is 64.8 Å². The molecule has 2 N–H and O–H groups in total. The summed E-state index contributed by atoms with van der Waals surface area (Å²) in [7, 11) is 4.83. The van der Waals surface area contributed by atoms with Gasteiger partial charge in [0.25, 0.3) is 0 Å². The Labute approximate surface area is 123 Å². The molecule has 20 heavy (non-hydrogen) atoms. The molecule has 0 aromatic heterocycles. The quantitative estimate of drug-likeness (QED) is 0.927. The van der Waals surface area contributed by atoms with Crippen LogP contribution >= 0.6 is 11.6 Å². The number of rotatable bonds is 3. The fourth-order valence-corrected chi connectivity index (χ4v) is 2.98. The maximum atomic E-state index is 11.9. The molecular weight excluding hydrogens is 280 g/mol. The van der Waals surface area contributed by atoms with Gasteiger partial charge in [0.05, 0.1) is 25.3 Å². The Balaban J connectivity index is 2.48. The second-order valence-electron chi connectivity index (χ2n) is 4.86. The number of nitrogens with two attached hydrogens (primary N) is 1. The van der Waals surface area contributed by atoms with Crippen LogP contribution in [0.3, 0.4) is 0 Å². The summed E-state index contributed by atoms with van der Waals surface area (Å²) in [6.07, 6.45) is 1.12. The van der Waals surface area contributed by atoms with Crippen molar-refractivity contribution >= 4 is 17.5 Å². The maximum absolute atomic E-state index is 11.9. The van der Waals surface area contributed by atoms with E-state index in [-0.39, 0.29) is 18.0 Å². The molecule has 2 atom stereocenters. The number of ether oxygens (including phenoxy) is 2. The summed E-state index contributed by atoms with van der Waals surface area (Å²) in [5.74, 6) is 1.09. The highest BCUT2D eigenvalue weighted by Gasteiger charge is 2.34. The minimum absolute atomic E-state index is 0.0718. The zero-order valence-electron chi connectivity index (χ0n) is 11.9. The van der Waals surface area contributed by atoms with Crippen LogP contribution in [0.1, 0.15) is 24.4 Å². The summed E-state index contributed by atoms with van der Waals surface area (Å²) in [6, 6.07) is 3.22. The Hall–Kier alpha value is -1.46. The largest absolute Gasteiger partial charge is 0.493 e. The molecule has 0 bridgehead atoms. The van der Waals surface area contributed by atoms with Gasteiger partial charge in [0, 0.05) is 19.5 Å². The van der Waals surface area contributed by atoms with Crippen LogP contribution in [0.5, 0.6) is 11.5 Å². The smallest absolute Gasteiger partial charge is 0.222 e. The van der Waals surface area contributed by atoms with Crippen LogP contribution in [0.15, 0.2) is 12.1 Å². The number of amides is 1. The zero-order valence-corrected chi connectivity index (χ0v) is 12.6. The Bertz CT molecular complexity index is 521. The average molecular weight is 299 g/mol. The zero-order chi connectivity index (χ0) is 14.9. The lowest BCUT2D eigenvalue weighted by atomic mass is 9.91. The molecule has 1 fully saturated rings. The molecule has 1 amide bonds. The molecule has 1 aromatic rings. The van der Waals surface area contributed by atoms with Gasteiger partial charge in [-0.05, 0) is 18.1 Å². The lowest BCUT2D eigenvalue weighted by Crippen LogP contribution is -2.46. The van der Waals surface area contributed by atoms with Crippen LogP contribution in [-0.4, -0.2) is 38.1 Å². The van der Waals surface area contributed by atoms with Gasteiger partial charge >= 0.3 is 0 Å². The van der Waals surface area contributed by atoms with Gasteiger partial charge < -0.3 is 20.1 Å². The van der Waals surface area contributed by atoms with E-state index in [4.69, 9.17) is 26.8 Å². The van der Waals surface area contributed by atoms with E-state index < -0.39 is 0 Å². The van der Waals surface area contributed by atoms with E-state index in [1.54, 1.807) is 25.1 Å². The van der Waals surface area contributed by atoms with Crippen LogP contribution in [0.4, 0.5) is 0 Å². The van der Waals surface area contributed by atoms with Crippen molar-refractivity contribution in [1.29, 1.82) is 0 Å². The van der Waals surface area contributed by atoms with Crippen molar-refractivity contribution in [2.75, 3.05) is 21.3 Å². The molecule has 1 aromatic carbocycles. The first-order valence-corrected chi connectivity index (χ1v) is 6.80. The van der Waals surface area contributed by atoms with E-state index in [1.807, 2.05) is 6.07 Å². The molecule has 0 saturated carbocycles. The Kier molecular flexibility index (Phi) is 4.40. The third-order valence-electron chi connectivity index (χ3n) is 3.74. The Morgan fingerprint density at radius 1 is 1.35 bits per heavy atom. The van der Waals surface area contributed by atoms with Gasteiger partial charge in [-0.15, -0.1) is 0 Å². The van der Waals surface area contributed by atoms with Crippen molar-refractivity contribution in [2.45, 2.75) is 24.9 Å². The molecule has 1 saturated heterocycles. The van der Waals surface area contributed by atoms with E-state index in [9.17, 15) is 4.79 Å². The molecule has 0 aliphatic carbocycles. The number of halogens is 1. The molecule has 1 heterocycles. The van der Waals surface area contributed by atoms with Crippen LogP contribution in [0, 0.1) is 0 Å². The lowest BCUT2D eigenvalue weighted by Gasteiger charge is -2.38. The summed E-state index contributed by atoms with van der Waals surface area (Å²) >= 11 is 6.41. The van der Waals surface area contributed by atoms with E-state index in [1.165, 1.54) is 7.11 Å². The molecule has 0 radical (unpaired) electrons. The van der Waals surface area contributed by atoms with Gasteiger partial charge in [-0.3, -0.25) is 4.79 Å². The van der Waals surface area contributed by atoms with Gasteiger partial charge in [0.1, 0.15) is 0 Å². The van der Waals surface area contributed by atoms with Crippen LogP contribution in [-0.2, 0) is 4.79 Å². The molecule has 1 aliphatic heterocycles. The van der Waals surface area contributed by atoms with Crippen molar-refractivity contribution in [1.82, 2.24) is 4.90 Å². The van der Waals surface area contributed by atoms with Crippen molar-refractivity contribution in [3.05, 3.63) is 22.7 Å². The van der Waals surface area contributed by atoms with Crippen molar-refractivity contribution in [2.24, 2.45) is 5.73 Å².